The predicted octanol–water partition coefficient (Wildman–Crippen LogP) is 3.21. The van der Waals surface area contributed by atoms with E-state index in [4.69, 9.17) is 127 Å². The molecule has 1 saturated carbocycles. The minimum absolute atomic E-state index is 0.0274. The van der Waals surface area contributed by atoms with E-state index < -0.39 is 68.3 Å². The van der Waals surface area contributed by atoms with E-state index >= 15 is 0 Å². The third-order valence-electron chi connectivity index (χ3n) is 11.7. The lowest BCUT2D eigenvalue weighted by molar-refractivity contribution is -0.207. The molecule has 6 N–H and O–H groups in total. The summed E-state index contributed by atoms with van der Waals surface area (Å²) in [5, 5.41) is 0. The van der Waals surface area contributed by atoms with Gasteiger partial charge in [0.1, 0.15) is 79.1 Å². The van der Waals surface area contributed by atoms with Crippen molar-refractivity contribution < 1.29 is 155 Å². The summed E-state index contributed by atoms with van der Waals surface area (Å²) in [6.45, 7) is 19.5. The van der Waals surface area contributed by atoms with Crippen LogP contribution in [0.4, 0.5) is 0 Å². The molecule has 1 rings (SSSR count). The average Bonchev–Trinajstić information content (AvgIpc) is 0.796. The van der Waals surface area contributed by atoms with Gasteiger partial charge in [0, 0.05) is 20.1 Å². The summed E-state index contributed by atoms with van der Waals surface area (Å²) in [5.41, 5.74) is 0. The first-order valence-electron chi connectivity index (χ1n) is 30.5. The molecule has 0 amide bonds. The zero-order valence-electron chi connectivity index (χ0n) is 53.8. The smallest absolute Gasteiger partial charge is 0.147 e. The molecule has 92 heavy (non-hydrogen) atoms. The van der Waals surface area contributed by atoms with Crippen molar-refractivity contribution in [3.63, 3.8) is 0 Å². The fraction of sp³-hybridized carbons (Fsp3) is 1.00. The van der Waals surface area contributed by atoms with Gasteiger partial charge in [-0.2, -0.15) is 0 Å². The van der Waals surface area contributed by atoms with E-state index in [9.17, 15) is 27.3 Å². The van der Waals surface area contributed by atoms with E-state index in [1.807, 2.05) is 0 Å². The Bertz CT molecular complexity index is 1630. The van der Waals surface area contributed by atoms with Crippen LogP contribution in [0, 0.1) is 5.92 Å². The highest BCUT2D eigenvalue weighted by molar-refractivity contribution is 8.12. The van der Waals surface area contributed by atoms with Crippen molar-refractivity contribution in [2.24, 2.45) is 5.92 Å². The van der Waals surface area contributed by atoms with Gasteiger partial charge in [0.25, 0.3) is 0 Å². The Balaban J connectivity index is 2.23. The van der Waals surface area contributed by atoms with E-state index in [0.29, 0.717) is 238 Å². The van der Waals surface area contributed by atoms with E-state index in [0.717, 1.165) is 0 Å². The van der Waals surface area contributed by atoms with Gasteiger partial charge in [0.2, 0.25) is 0 Å². The summed E-state index contributed by atoms with van der Waals surface area (Å²) in [4.78, 5) is 0. The van der Waals surface area contributed by atoms with Gasteiger partial charge in [-0.05, 0) is 0 Å². The molecule has 0 radical (unpaired) electrons. The van der Waals surface area contributed by atoms with Crippen LogP contribution in [0.3, 0.4) is 0 Å². The molecule has 0 spiro atoms. The normalized spacial score (nSPS) is 18.0. The van der Waals surface area contributed by atoms with Crippen molar-refractivity contribution in [1.82, 2.24) is 0 Å². The highest BCUT2D eigenvalue weighted by atomic mass is 32.5. The SMILES string of the molecule is COCCOCCOCCOCCOCCOCCOCCOCCOCCOCCOCCOC1C(OP=S(O)O)[C@H](OP=S(O)O)[C@H](C)C(OCCOCCOCCOCCOCCOCCOCCOCCOCCOCCOCCOC)[C@@H]1OP=S(O)O. The molecular formula is C53H109O33P3S3. The maximum atomic E-state index is 9.83. The van der Waals surface area contributed by atoms with Crippen LogP contribution >= 0.6 is 22.7 Å². The molecule has 6 atom stereocenters. The molecule has 3 unspecified atom stereocenters. The Morgan fingerprint density at radius 2 is 0.359 bits per heavy atom. The van der Waals surface area contributed by atoms with Crippen LogP contribution in [0.25, 0.3) is 0 Å². The molecule has 0 aliphatic heterocycles. The van der Waals surface area contributed by atoms with Gasteiger partial charge in [-0.1, -0.05) is 6.92 Å². The van der Waals surface area contributed by atoms with Gasteiger partial charge in [-0.15, -0.1) is 0 Å². The minimum Gasteiger partial charge on any atom is -0.382 e. The lowest BCUT2D eigenvalue weighted by Gasteiger charge is -2.47. The fourth-order valence-electron chi connectivity index (χ4n) is 7.38. The van der Waals surface area contributed by atoms with E-state index in [1.54, 1.807) is 21.1 Å². The van der Waals surface area contributed by atoms with Gasteiger partial charge in [0.05, 0.1) is 297 Å². The van der Waals surface area contributed by atoms with Crippen molar-refractivity contribution in [1.29, 1.82) is 0 Å². The first-order valence-corrected chi connectivity index (χ1v) is 38.1. The van der Waals surface area contributed by atoms with Gasteiger partial charge in [-0.3, -0.25) is 0 Å². The molecular weight excluding hydrogens is 1350 g/mol. The Morgan fingerprint density at radius 3 is 0.543 bits per heavy atom. The zero-order valence-corrected chi connectivity index (χ0v) is 59.0. The number of hydrogen-bond acceptors (Lipinski definition) is 27. The molecule has 1 fully saturated rings. The number of methoxy groups -OCH3 is 2. The van der Waals surface area contributed by atoms with E-state index in [1.165, 1.54) is 0 Å². The van der Waals surface area contributed by atoms with Crippen LogP contribution in [0.2, 0.25) is 0 Å². The van der Waals surface area contributed by atoms with Crippen LogP contribution in [-0.4, -0.2) is 363 Å². The molecule has 0 bridgehead atoms. The summed E-state index contributed by atoms with van der Waals surface area (Å²) >= 11 is 0. The third-order valence-corrected chi connectivity index (χ3v) is 15.0. The molecule has 33 nitrogen and oxygen atoms in total. The standard InChI is InChI=1S/C53H109O33P3S3/c1-48-49(82-46-44-80-42-40-78-38-36-76-34-32-74-30-28-72-26-24-70-22-20-68-18-16-66-14-12-64-10-8-62-6-4-60-2)52(85-88-91(56)57)51(53(86-89-92(58)59)50(48)84-87-90(54)55)83-47-45-81-43-41-79-39-37-77-35-33-75-31-29-73-27-25-71-23-21-69-19-17-67-15-13-65-11-9-63-7-5-61-3/h48-59H,4-47H2,1-3H3/t48-,49?,50-,51?,52+,53?/m1/s1. The summed E-state index contributed by atoms with van der Waals surface area (Å²) in [6.07, 6.45) is -5.06. The third kappa shape index (κ3) is 60.6. The maximum Gasteiger partial charge on any atom is 0.147 e. The lowest BCUT2D eigenvalue weighted by Crippen LogP contribution is -2.62. The highest BCUT2D eigenvalue weighted by Gasteiger charge is 2.53. The summed E-state index contributed by atoms with van der Waals surface area (Å²) in [7, 11) is -3.90. The second kappa shape index (κ2) is 72.9. The number of rotatable bonds is 74. The van der Waals surface area contributed by atoms with Crippen LogP contribution < -0.4 is 0 Å². The fourth-order valence-corrected chi connectivity index (χ4v) is 10.3. The first-order chi connectivity index (χ1) is 45.2. The number of ether oxygens (including phenoxy) is 24. The molecule has 1 aliphatic carbocycles. The van der Waals surface area contributed by atoms with Gasteiger partial charge in [-0.25, -0.2) is 0 Å². The summed E-state index contributed by atoms with van der Waals surface area (Å²) in [5.74, 6) is -0.621. The number of hydrogen-bond donors (Lipinski definition) is 6. The van der Waals surface area contributed by atoms with Crippen molar-refractivity contribution in [3.8, 4) is 0 Å². The van der Waals surface area contributed by atoms with Crippen LogP contribution in [0.15, 0.2) is 0 Å². The van der Waals surface area contributed by atoms with Crippen LogP contribution in [0.1, 0.15) is 6.92 Å². The quantitative estimate of drug-likeness (QED) is 0.0376. The first kappa shape index (κ1) is 90.6. The summed E-state index contributed by atoms with van der Waals surface area (Å²) < 4.78 is 209. The Hall–Kier alpha value is 0.630. The maximum absolute atomic E-state index is 9.83. The highest BCUT2D eigenvalue weighted by Crippen LogP contribution is 2.40. The van der Waals surface area contributed by atoms with Gasteiger partial charge >= 0.3 is 0 Å². The summed E-state index contributed by atoms with van der Waals surface area (Å²) in [6, 6.07) is 0. The van der Waals surface area contributed by atoms with Gasteiger partial charge < -0.3 is 155 Å². The second-order valence-electron chi connectivity index (χ2n) is 18.4. The minimum atomic E-state index is -2.18. The Labute approximate surface area is 555 Å². The Kier molecular flexibility index (Phi) is 71.8. The van der Waals surface area contributed by atoms with Crippen LogP contribution in [-0.2, 0) is 159 Å². The van der Waals surface area contributed by atoms with Crippen molar-refractivity contribution in [2.45, 2.75) is 37.4 Å². The van der Waals surface area contributed by atoms with Crippen molar-refractivity contribution in [2.75, 3.05) is 305 Å². The molecule has 0 aromatic carbocycles. The van der Waals surface area contributed by atoms with E-state index in [2.05, 4.69) is 0 Å². The monoisotopic (exact) mass is 1460 g/mol. The molecule has 0 aromatic rings. The molecule has 0 saturated heterocycles. The van der Waals surface area contributed by atoms with Gasteiger partial charge in [0.15, 0.2) is 0 Å². The molecule has 0 aromatic heterocycles. The lowest BCUT2D eigenvalue weighted by atomic mass is 9.79. The average molecular weight is 1460 g/mol. The Morgan fingerprint density at radius 1 is 0.207 bits per heavy atom. The van der Waals surface area contributed by atoms with Crippen LogP contribution in [0.5, 0.6) is 0 Å². The topological polar surface area (TPSA) is 371 Å². The predicted molar refractivity (Wildman–Crippen MR) is 342 cm³/mol. The molecule has 552 valence electrons. The second-order valence-corrected chi connectivity index (χ2v) is 25.3. The van der Waals surface area contributed by atoms with E-state index in [-0.39, 0.29) is 75.6 Å². The molecule has 0 heterocycles. The molecule has 39 heteroatoms. The van der Waals surface area contributed by atoms with Crippen molar-refractivity contribution >= 4 is 54.7 Å². The van der Waals surface area contributed by atoms with Crippen molar-refractivity contribution in [3.05, 3.63) is 0 Å². The largest absolute Gasteiger partial charge is 0.382 e. The molecule has 1 aliphatic rings. The zero-order chi connectivity index (χ0) is 66.5.